The summed E-state index contributed by atoms with van der Waals surface area (Å²) in [6.07, 6.45) is 4.39. The minimum absolute atomic E-state index is 0.0559. The van der Waals surface area contributed by atoms with Crippen LogP contribution in [-0.4, -0.2) is 51.6 Å². The SMILES string of the molecule is Cc1c[nH]c2cc(C(=O)NC3CCN4C(=O)N(c5ccc(-n6ccccc6=O)cc5)CC34)ccc12. The Morgan fingerprint density at radius 2 is 1.83 bits per heavy atom. The molecule has 6 rings (SSSR count). The Labute approximate surface area is 201 Å². The van der Waals surface area contributed by atoms with Crippen LogP contribution in [0.4, 0.5) is 10.5 Å². The molecule has 176 valence electrons. The molecule has 2 aliphatic rings. The van der Waals surface area contributed by atoms with E-state index in [0.29, 0.717) is 18.7 Å². The number of hydrogen-bond donors (Lipinski definition) is 2. The van der Waals surface area contributed by atoms with E-state index in [1.807, 2.05) is 60.5 Å². The molecule has 2 unspecified atom stereocenters. The highest BCUT2D eigenvalue weighted by Gasteiger charge is 2.46. The lowest BCUT2D eigenvalue weighted by Gasteiger charge is -2.20. The minimum Gasteiger partial charge on any atom is -0.361 e. The van der Waals surface area contributed by atoms with Gasteiger partial charge in [-0.25, -0.2) is 4.79 Å². The molecule has 2 aromatic heterocycles. The number of amides is 3. The number of carbonyl (C=O) groups is 2. The monoisotopic (exact) mass is 467 g/mol. The van der Waals surface area contributed by atoms with Crippen LogP contribution < -0.4 is 15.8 Å². The molecule has 8 heteroatoms. The van der Waals surface area contributed by atoms with Crippen molar-refractivity contribution in [3.8, 4) is 5.69 Å². The van der Waals surface area contributed by atoms with Crippen LogP contribution in [0.2, 0.25) is 0 Å². The molecule has 0 spiro atoms. The first-order chi connectivity index (χ1) is 17.0. The van der Waals surface area contributed by atoms with E-state index in [0.717, 1.165) is 34.3 Å². The number of aromatic amines is 1. The van der Waals surface area contributed by atoms with Crippen LogP contribution in [0, 0.1) is 6.92 Å². The second-order valence-corrected chi connectivity index (χ2v) is 9.18. The van der Waals surface area contributed by atoms with Crippen LogP contribution in [-0.2, 0) is 0 Å². The van der Waals surface area contributed by atoms with E-state index in [4.69, 9.17) is 0 Å². The van der Waals surface area contributed by atoms with Gasteiger partial charge in [0.05, 0.1) is 18.6 Å². The Morgan fingerprint density at radius 1 is 1.03 bits per heavy atom. The van der Waals surface area contributed by atoms with Gasteiger partial charge in [-0.15, -0.1) is 0 Å². The topological polar surface area (TPSA) is 90.4 Å². The van der Waals surface area contributed by atoms with Crippen molar-refractivity contribution in [1.29, 1.82) is 0 Å². The average molecular weight is 468 g/mol. The molecule has 4 aromatic rings. The number of pyridine rings is 1. The standard InChI is InChI=1S/C27H25N5O3/c1-17-15-28-23-14-18(5-10-21(17)23)26(34)29-22-11-13-31-24(22)16-32(27(31)35)20-8-6-19(7-9-20)30-12-3-2-4-25(30)33/h2-10,12,14-15,22,24,28H,11,13,16H2,1H3,(H,29,34). The van der Waals surface area contributed by atoms with E-state index in [-0.39, 0.29) is 29.6 Å². The molecule has 2 atom stereocenters. The van der Waals surface area contributed by atoms with Crippen molar-refractivity contribution in [3.05, 3.63) is 94.5 Å². The summed E-state index contributed by atoms with van der Waals surface area (Å²) in [4.78, 5) is 45.0. The Morgan fingerprint density at radius 3 is 2.63 bits per heavy atom. The molecular weight excluding hydrogens is 442 g/mol. The van der Waals surface area contributed by atoms with Crippen molar-refractivity contribution in [2.75, 3.05) is 18.0 Å². The van der Waals surface area contributed by atoms with Gasteiger partial charge in [0, 0.05) is 52.8 Å². The predicted molar refractivity (Wildman–Crippen MR) is 134 cm³/mol. The number of carbonyl (C=O) groups excluding carboxylic acids is 2. The van der Waals surface area contributed by atoms with E-state index in [1.54, 1.807) is 27.8 Å². The predicted octanol–water partition coefficient (Wildman–Crippen LogP) is 3.44. The van der Waals surface area contributed by atoms with Crippen molar-refractivity contribution in [1.82, 2.24) is 19.8 Å². The summed E-state index contributed by atoms with van der Waals surface area (Å²) in [5, 5.41) is 4.26. The summed E-state index contributed by atoms with van der Waals surface area (Å²) in [5.74, 6) is -0.130. The van der Waals surface area contributed by atoms with Gasteiger partial charge in [0.25, 0.3) is 11.5 Å². The van der Waals surface area contributed by atoms with Gasteiger partial charge in [0.1, 0.15) is 0 Å². The third kappa shape index (κ3) is 3.58. The summed E-state index contributed by atoms with van der Waals surface area (Å²) < 4.78 is 1.56. The highest BCUT2D eigenvalue weighted by atomic mass is 16.2. The highest BCUT2D eigenvalue weighted by molar-refractivity contribution is 5.99. The number of rotatable bonds is 4. The number of anilines is 1. The third-order valence-corrected chi connectivity index (χ3v) is 7.12. The largest absolute Gasteiger partial charge is 0.361 e. The molecule has 2 fully saturated rings. The number of benzene rings is 2. The maximum atomic E-state index is 13.1. The summed E-state index contributed by atoms with van der Waals surface area (Å²) in [6, 6.07) is 17.8. The number of urea groups is 1. The fourth-order valence-corrected chi connectivity index (χ4v) is 5.22. The van der Waals surface area contributed by atoms with Crippen LogP contribution >= 0.6 is 0 Å². The quantitative estimate of drug-likeness (QED) is 0.482. The zero-order valence-electron chi connectivity index (χ0n) is 19.3. The number of H-pyrrole nitrogens is 1. The average Bonchev–Trinajstić information content (AvgIpc) is 3.54. The zero-order valence-corrected chi connectivity index (χ0v) is 19.3. The molecule has 0 aliphatic carbocycles. The summed E-state index contributed by atoms with van der Waals surface area (Å²) in [5.41, 5.74) is 4.09. The summed E-state index contributed by atoms with van der Waals surface area (Å²) in [7, 11) is 0. The smallest absolute Gasteiger partial charge is 0.324 e. The van der Waals surface area contributed by atoms with Crippen LogP contribution in [0.15, 0.2) is 77.9 Å². The van der Waals surface area contributed by atoms with E-state index >= 15 is 0 Å². The normalized spacial score (nSPS) is 19.4. The molecule has 2 aliphatic heterocycles. The maximum Gasteiger partial charge on any atom is 0.324 e. The van der Waals surface area contributed by atoms with E-state index < -0.39 is 0 Å². The lowest BCUT2D eigenvalue weighted by atomic mass is 10.1. The van der Waals surface area contributed by atoms with Crippen LogP contribution in [0.25, 0.3) is 16.6 Å². The molecule has 0 bridgehead atoms. The van der Waals surface area contributed by atoms with Gasteiger partial charge in [-0.1, -0.05) is 12.1 Å². The van der Waals surface area contributed by atoms with Gasteiger partial charge in [-0.2, -0.15) is 0 Å². The molecule has 8 nitrogen and oxygen atoms in total. The van der Waals surface area contributed by atoms with Gasteiger partial charge < -0.3 is 15.2 Å². The van der Waals surface area contributed by atoms with E-state index in [9.17, 15) is 14.4 Å². The van der Waals surface area contributed by atoms with Crippen LogP contribution in [0.5, 0.6) is 0 Å². The Hall–Kier alpha value is -4.33. The van der Waals surface area contributed by atoms with Crippen molar-refractivity contribution in [3.63, 3.8) is 0 Å². The Balaban J connectivity index is 1.17. The zero-order chi connectivity index (χ0) is 24.1. The van der Waals surface area contributed by atoms with Crippen molar-refractivity contribution >= 4 is 28.5 Å². The highest BCUT2D eigenvalue weighted by Crippen LogP contribution is 2.31. The molecule has 2 N–H and O–H groups in total. The molecule has 0 saturated carbocycles. The molecule has 3 amide bonds. The number of hydrogen-bond acceptors (Lipinski definition) is 3. The molecule has 2 saturated heterocycles. The van der Waals surface area contributed by atoms with Gasteiger partial charge in [-0.3, -0.25) is 19.1 Å². The summed E-state index contributed by atoms with van der Waals surface area (Å²) in [6.45, 7) is 3.14. The molecule has 0 radical (unpaired) electrons. The maximum absolute atomic E-state index is 13.1. The van der Waals surface area contributed by atoms with Crippen LogP contribution in [0.3, 0.4) is 0 Å². The second kappa shape index (κ2) is 8.16. The van der Waals surface area contributed by atoms with Crippen molar-refractivity contribution in [2.24, 2.45) is 0 Å². The van der Waals surface area contributed by atoms with Gasteiger partial charge in [0.2, 0.25) is 0 Å². The number of nitrogens with zero attached hydrogens (tertiary/aromatic N) is 3. The third-order valence-electron chi connectivity index (χ3n) is 7.12. The minimum atomic E-state index is -0.130. The van der Waals surface area contributed by atoms with Crippen molar-refractivity contribution < 1.29 is 9.59 Å². The number of aromatic nitrogens is 2. The van der Waals surface area contributed by atoms with Crippen LogP contribution in [0.1, 0.15) is 22.3 Å². The lowest BCUT2D eigenvalue weighted by Crippen LogP contribution is -2.44. The number of nitrogens with one attached hydrogen (secondary N) is 2. The van der Waals surface area contributed by atoms with Gasteiger partial charge >= 0.3 is 6.03 Å². The van der Waals surface area contributed by atoms with E-state index in [2.05, 4.69) is 10.3 Å². The molecule has 2 aromatic carbocycles. The fraction of sp³-hybridized carbons (Fsp3) is 0.222. The first-order valence-electron chi connectivity index (χ1n) is 11.7. The molecular formula is C27H25N5O3. The first kappa shape index (κ1) is 21.2. The Kier molecular flexibility index (Phi) is 4.95. The van der Waals surface area contributed by atoms with Gasteiger partial charge in [0.15, 0.2) is 0 Å². The fourth-order valence-electron chi connectivity index (χ4n) is 5.22. The van der Waals surface area contributed by atoms with Crippen molar-refractivity contribution in [2.45, 2.75) is 25.4 Å². The Bertz CT molecular complexity index is 1500. The second-order valence-electron chi connectivity index (χ2n) is 9.18. The number of aryl methyl sites for hydroxylation is 1. The number of fused-ring (bicyclic) bond motifs is 2. The lowest BCUT2D eigenvalue weighted by molar-refractivity contribution is 0.0931. The first-order valence-corrected chi connectivity index (χ1v) is 11.7. The summed E-state index contributed by atoms with van der Waals surface area (Å²) >= 11 is 0. The van der Waals surface area contributed by atoms with Gasteiger partial charge in [-0.05, 0) is 61.4 Å². The molecule has 35 heavy (non-hydrogen) atoms. The van der Waals surface area contributed by atoms with E-state index in [1.165, 1.54) is 6.07 Å². The molecule has 4 heterocycles.